The van der Waals surface area contributed by atoms with Crippen molar-refractivity contribution in [3.8, 4) is 11.5 Å². The van der Waals surface area contributed by atoms with E-state index in [9.17, 15) is 4.79 Å². The van der Waals surface area contributed by atoms with E-state index in [0.29, 0.717) is 18.9 Å². The Hall–Kier alpha value is -3.25. The maximum Gasteiger partial charge on any atom is 0.414 e. The van der Waals surface area contributed by atoms with E-state index in [1.807, 2.05) is 47.4 Å². The molecular formula is C30H39N3O3. The molecule has 6 heteroatoms. The average Bonchev–Trinajstić information content (AvgIpc) is 2.91. The van der Waals surface area contributed by atoms with Gasteiger partial charge in [-0.3, -0.25) is 4.90 Å². The maximum atomic E-state index is 13.4. The lowest BCUT2D eigenvalue weighted by molar-refractivity contribution is 0.159. The molecule has 36 heavy (non-hydrogen) atoms. The van der Waals surface area contributed by atoms with E-state index in [2.05, 4.69) is 30.5 Å². The summed E-state index contributed by atoms with van der Waals surface area (Å²) in [5.74, 6) is 1.40. The standard InChI is InChI=1S/C30H39N3O3/c1-2-18-32-21-24-19-28(16-17-29(24)31)36-27-15-9-14-26(20-27)33(25-12-7-4-8-13-25)30(34)35-22-23-10-5-3-6-11-23/h5,9-11,14-17,19-20,25,32H,2-4,6-8,12-13,18,21-22,31H2,1H3. The van der Waals surface area contributed by atoms with Gasteiger partial charge in [-0.25, -0.2) is 4.79 Å². The van der Waals surface area contributed by atoms with E-state index in [1.54, 1.807) is 0 Å². The van der Waals surface area contributed by atoms with E-state index in [-0.39, 0.29) is 12.1 Å². The number of hydrogen-bond donors (Lipinski definition) is 2. The molecule has 0 unspecified atom stereocenters. The van der Waals surface area contributed by atoms with Gasteiger partial charge >= 0.3 is 6.09 Å². The zero-order chi connectivity index (χ0) is 25.2. The molecule has 2 aromatic carbocycles. The molecule has 4 rings (SSSR count). The van der Waals surface area contributed by atoms with Gasteiger partial charge in [0.15, 0.2) is 0 Å². The predicted molar refractivity (Wildman–Crippen MR) is 147 cm³/mol. The monoisotopic (exact) mass is 489 g/mol. The molecule has 1 saturated carbocycles. The van der Waals surface area contributed by atoms with Crippen molar-refractivity contribution < 1.29 is 14.3 Å². The second-order valence-electron chi connectivity index (χ2n) is 9.61. The van der Waals surface area contributed by atoms with Gasteiger partial charge in [-0.15, -0.1) is 0 Å². The molecule has 0 radical (unpaired) electrons. The van der Waals surface area contributed by atoms with Crippen molar-refractivity contribution in [2.24, 2.45) is 0 Å². The highest BCUT2D eigenvalue weighted by atomic mass is 16.6. The number of allylic oxidation sites excluding steroid dienone is 2. The molecule has 0 spiro atoms. The van der Waals surface area contributed by atoms with Gasteiger partial charge in [0.1, 0.15) is 18.1 Å². The number of nitrogen functional groups attached to an aromatic ring is 1. The Balaban J connectivity index is 1.50. The van der Waals surface area contributed by atoms with Crippen LogP contribution in [-0.2, 0) is 11.3 Å². The van der Waals surface area contributed by atoms with Crippen LogP contribution in [0.3, 0.4) is 0 Å². The molecule has 0 aliphatic heterocycles. The second kappa shape index (κ2) is 13.2. The summed E-state index contributed by atoms with van der Waals surface area (Å²) in [4.78, 5) is 15.2. The molecule has 1 amide bonds. The van der Waals surface area contributed by atoms with Gasteiger partial charge in [0, 0.05) is 24.3 Å². The van der Waals surface area contributed by atoms with E-state index >= 15 is 0 Å². The largest absolute Gasteiger partial charge is 0.457 e. The number of hydrogen-bond acceptors (Lipinski definition) is 5. The molecule has 0 heterocycles. The van der Waals surface area contributed by atoms with Crippen molar-refractivity contribution in [3.05, 3.63) is 71.8 Å². The molecule has 1 fully saturated rings. The van der Waals surface area contributed by atoms with Gasteiger partial charge in [0.2, 0.25) is 0 Å². The Morgan fingerprint density at radius 1 is 1.08 bits per heavy atom. The van der Waals surface area contributed by atoms with Gasteiger partial charge in [-0.05, 0) is 80.1 Å². The van der Waals surface area contributed by atoms with Crippen molar-refractivity contribution in [2.45, 2.75) is 70.9 Å². The Labute approximate surface area is 215 Å². The SMILES string of the molecule is CCCNCc1cc(Oc2cccc(N(C(=O)OCC3=CCCC=C3)C3CCCCC3)c2)ccc1N. The molecule has 2 aliphatic rings. The Morgan fingerprint density at radius 2 is 1.92 bits per heavy atom. The van der Waals surface area contributed by atoms with Crippen LogP contribution in [0.5, 0.6) is 11.5 Å². The van der Waals surface area contributed by atoms with Crippen LogP contribution < -0.4 is 20.7 Å². The number of carbonyl (C=O) groups is 1. The summed E-state index contributed by atoms with van der Waals surface area (Å²) in [7, 11) is 0. The highest BCUT2D eigenvalue weighted by molar-refractivity contribution is 5.88. The van der Waals surface area contributed by atoms with Crippen LogP contribution in [0.15, 0.2) is 66.3 Å². The third-order valence-electron chi connectivity index (χ3n) is 6.76. The van der Waals surface area contributed by atoms with Crippen LogP contribution in [0.25, 0.3) is 0 Å². The quantitative estimate of drug-likeness (QED) is 0.275. The molecule has 6 nitrogen and oxygen atoms in total. The number of amides is 1. The van der Waals surface area contributed by atoms with Gasteiger partial charge in [-0.2, -0.15) is 0 Å². The summed E-state index contributed by atoms with van der Waals surface area (Å²) in [5.41, 5.74) is 9.78. The lowest BCUT2D eigenvalue weighted by Crippen LogP contribution is -2.42. The van der Waals surface area contributed by atoms with Crippen LogP contribution in [0.4, 0.5) is 16.2 Å². The van der Waals surface area contributed by atoms with E-state index in [1.165, 1.54) is 6.42 Å². The van der Waals surface area contributed by atoms with Crippen molar-refractivity contribution in [1.82, 2.24) is 5.32 Å². The van der Waals surface area contributed by atoms with Crippen molar-refractivity contribution in [3.63, 3.8) is 0 Å². The van der Waals surface area contributed by atoms with Crippen LogP contribution in [0.1, 0.15) is 63.9 Å². The third kappa shape index (κ3) is 7.14. The Bertz CT molecular complexity index is 1070. The minimum Gasteiger partial charge on any atom is -0.457 e. The topological polar surface area (TPSA) is 76.8 Å². The normalized spacial score (nSPS) is 15.9. The number of nitrogens with two attached hydrogens (primary N) is 1. The van der Waals surface area contributed by atoms with Crippen LogP contribution in [0.2, 0.25) is 0 Å². The number of rotatable bonds is 10. The fraction of sp³-hybridized carbons (Fsp3) is 0.433. The van der Waals surface area contributed by atoms with Crippen LogP contribution in [-0.4, -0.2) is 25.3 Å². The van der Waals surface area contributed by atoms with Crippen LogP contribution in [0, 0.1) is 0 Å². The highest BCUT2D eigenvalue weighted by Gasteiger charge is 2.28. The second-order valence-corrected chi connectivity index (χ2v) is 9.61. The number of benzene rings is 2. The first-order valence-corrected chi connectivity index (χ1v) is 13.3. The number of anilines is 2. The number of nitrogens with zero attached hydrogens (tertiary/aromatic N) is 1. The van der Waals surface area contributed by atoms with Crippen molar-refractivity contribution in [2.75, 3.05) is 23.8 Å². The Morgan fingerprint density at radius 3 is 2.69 bits per heavy atom. The highest BCUT2D eigenvalue weighted by Crippen LogP contribution is 2.32. The van der Waals surface area contributed by atoms with E-state index < -0.39 is 0 Å². The summed E-state index contributed by atoms with van der Waals surface area (Å²) in [6, 6.07) is 13.6. The number of nitrogens with one attached hydrogen (secondary N) is 1. The molecule has 2 aliphatic carbocycles. The average molecular weight is 490 g/mol. The summed E-state index contributed by atoms with van der Waals surface area (Å²) in [6.45, 7) is 4.08. The summed E-state index contributed by atoms with van der Waals surface area (Å²) in [5, 5.41) is 3.39. The number of carbonyl (C=O) groups excluding carboxylic acids is 1. The van der Waals surface area contributed by atoms with E-state index in [0.717, 1.165) is 79.8 Å². The van der Waals surface area contributed by atoms with Crippen molar-refractivity contribution >= 4 is 17.5 Å². The summed E-state index contributed by atoms with van der Waals surface area (Å²) in [6.07, 6.45) is 14.6. The first-order valence-electron chi connectivity index (χ1n) is 13.3. The summed E-state index contributed by atoms with van der Waals surface area (Å²) < 4.78 is 12.0. The van der Waals surface area contributed by atoms with E-state index in [4.69, 9.17) is 15.2 Å². The first kappa shape index (κ1) is 25.8. The van der Waals surface area contributed by atoms with Gasteiger partial charge < -0.3 is 20.5 Å². The summed E-state index contributed by atoms with van der Waals surface area (Å²) >= 11 is 0. The van der Waals surface area contributed by atoms with Gasteiger partial charge in [0.25, 0.3) is 0 Å². The Kier molecular flexibility index (Phi) is 9.45. The smallest absolute Gasteiger partial charge is 0.414 e. The molecule has 0 atom stereocenters. The van der Waals surface area contributed by atoms with Gasteiger partial charge in [-0.1, -0.05) is 50.5 Å². The molecule has 3 N–H and O–H groups in total. The third-order valence-corrected chi connectivity index (χ3v) is 6.76. The first-order chi connectivity index (χ1) is 17.6. The molecule has 2 aromatic rings. The molecule has 0 aromatic heterocycles. The zero-order valence-corrected chi connectivity index (χ0v) is 21.4. The minimum absolute atomic E-state index is 0.130. The zero-order valence-electron chi connectivity index (χ0n) is 21.4. The molecule has 0 saturated heterocycles. The fourth-order valence-electron chi connectivity index (χ4n) is 4.83. The van der Waals surface area contributed by atoms with Crippen molar-refractivity contribution in [1.29, 1.82) is 0 Å². The maximum absolute atomic E-state index is 13.4. The lowest BCUT2D eigenvalue weighted by Gasteiger charge is -2.33. The van der Waals surface area contributed by atoms with Crippen LogP contribution >= 0.6 is 0 Å². The molecule has 192 valence electrons. The minimum atomic E-state index is -0.296. The molecule has 0 bridgehead atoms. The predicted octanol–water partition coefficient (Wildman–Crippen LogP) is 7.11. The lowest BCUT2D eigenvalue weighted by atomic mass is 9.94. The fourth-order valence-corrected chi connectivity index (χ4v) is 4.83. The number of ether oxygens (including phenoxy) is 2. The van der Waals surface area contributed by atoms with Gasteiger partial charge in [0.05, 0.1) is 5.69 Å². The molecular weight excluding hydrogens is 450 g/mol.